The van der Waals surface area contributed by atoms with E-state index in [1.807, 2.05) is 0 Å². The van der Waals surface area contributed by atoms with E-state index in [-0.39, 0.29) is 42.3 Å². The summed E-state index contributed by atoms with van der Waals surface area (Å²) < 4.78 is 5.42. The Kier molecular flexibility index (Phi) is 5.07. The summed E-state index contributed by atoms with van der Waals surface area (Å²) in [5.74, 6) is -0.159. The van der Waals surface area contributed by atoms with Gasteiger partial charge in [-0.25, -0.2) is 0 Å². The van der Waals surface area contributed by atoms with Crippen molar-refractivity contribution in [3.63, 3.8) is 0 Å². The smallest absolute Gasteiger partial charge is 0.311 e. The average Bonchev–Trinajstić information content (AvgIpc) is 2.48. The molecule has 2 aromatic rings. The van der Waals surface area contributed by atoms with Gasteiger partial charge in [0, 0.05) is 6.07 Å². The van der Waals surface area contributed by atoms with Crippen LogP contribution in [-0.2, 0) is 0 Å². The van der Waals surface area contributed by atoms with E-state index in [0.29, 0.717) is 0 Å². The number of halogens is 5. The van der Waals surface area contributed by atoms with Crippen LogP contribution in [0.4, 0.5) is 5.69 Å². The van der Waals surface area contributed by atoms with E-state index in [2.05, 4.69) is 0 Å². The van der Waals surface area contributed by atoms with E-state index in [4.69, 9.17) is 62.7 Å². The average molecular weight is 387 g/mol. The molecule has 0 aliphatic heterocycles. The van der Waals surface area contributed by atoms with Crippen LogP contribution in [0, 0.1) is 10.1 Å². The van der Waals surface area contributed by atoms with Crippen LogP contribution in [0.1, 0.15) is 0 Å². The Bertz CT molecular complexity index is 706. The molecule has 0 bridgehead atoms. The van der Waals surface area contributed by atoms with Crippen molar-refractivity contribution in [3.8, 4) is 11.5 Å². The molecule has 110 valence electrons. The fourth-order valence-corrected chi connectivity index (χ4v) is 2.68. The van der Waals surface area contributed by atoms with Crippen LogP contribution in [0.25, 0.3) is 0 Å². The second-order valence-electron chi connectivity index (χ2n) is 3.73. The first-order chi connectivity index (χ1) is 9.84. The Balaban J connectivity index is 2.58. The van der Waals surface area contributed by atoms with Gasteiger partial charge in [0.1, 0.15) is 10.0 Å². The topological polar surface area (TPSA) is 52.4 Å². The maximum absolute atomic E-state index is 11.0. The minimum atomic E-state index is -0.601. The highest BCUT2D eigenvalue weighted by molar-refractivity contribution is 6.55. The number of nitrogens with zero attached hydrogens (tertiary/aromatic N) is 1. The SMILES string of the molecule is O=[N+]([O-])c1ccccc1Oc1c(Cl)c(Cl)c(Cl)c(Cl)c1Cl. The van der Waals surface area contributed by atoms with Crippen molar-refractivity contribution in [1.29, 1.82) is 0 Å². The van der Waals surface area contributed by atoms with Crippen LogP contribution < -0.4 is 4.74 Å². The summed E-state index contributed by atoms with van der Waals surface area (Å²) in [4.78, 5) is 10.4. The van der Waals surface area contributed by atoms with Crippen molar-refractivity contribution in [2.45, 2.75) is 0 Å². The van der Waals surface area contributed by atoms with Crippen molar-refractivity contribution in [1.82, 2.24) is 0 Å². The van der Waals surface area contributed by atoms with Gasteiger partial charge in [0.15, 0.2) is 5.75 Å². The Morgan fingerprint density at radius 3 is 1.86 bits per heavy atom. The van der Waals surface area contributed by atoms with E-state index in [0.717, 1.165) is 0 Å². The minimum absolute atomic E-state index is 0.0248. The molecule has 0 saturated heterocycles. The van der Waals surface area contributed by atoms with Crippen LogP contribution in [0.3, 0.4) is 0 Å². The van der Waals surface area contributed by atoms with Gasteiger partial charge < -0.3 is 4.74 Å². The van der Waals surface area contributed by atoms with Gasteiger partial charge in [-0.15, -0.1) is 0 Å². The van der Waals surface area contributed by atoms with Gasteiger partial charge in [0.05, 0.1) is 20.0 Å². The predicted octanol–water partition coefficient (Wildman–Crippen LogP) is 6.65. The van der Waals surface area contributed by atoms with Crippen LogP contribution in [-0.4, -0.2) is 4.92 Å². The Hall–Kier alpha value is -0.910. The van der Waals surface area contributed by atoms with E-state index in [1.165, 1.54) is 18.2 Å². The van der Waals surface area contributed by atoms with Crippen LogP contribution in [0.5, 0.6) is 11.5 Å². The molecule has 0 spiro atoms. The lowest BCUT2D eigenvalue weighted by molar-refractivity contribution is -0.385. The quantitative estimate of drug-likeness (QED) is 0.256. The number of ether oxygens (including phenoxy) is 1. The summed E-state index contributed by atoms with van der Waals surface area (Å²) in [6.07, 6.45) is 0. The number of rotatable bonds is 3. The molecule has 2 aromatic carbocycles. The number of nitro benzene ring substituents is 1. The van der Waals surface area contributed by atoms with Crippen molar-refractivity contribution >= 4 is 63.7 Å². The van der Waals surface area contributed by atoms with E-state index in [1.54, 1.807) is 6.07 Å². The number of para-hydroxylation sites is 2. The van der Waals surface area contributed by atoms with Crippen LogP contribution in [0.2, 0.25) is 25.1 Å². The lowest BCUT2D eigenvalue weighted by atomic mass is 10.3. The highest BCUT2D eigenvalue weighted by atomic mass is 35.5. The molecule has 0 N–H and O–H groups in total. The highest BCUT2D eigenvalue weighted by Crippen LogP contribution is 2.50. The monoisotopic (exact) mass is 385 g/mol. The van der Waals surface area contributed by atoms with Gasteiger partial charge in [-0.2, -0.15) is 0 Å². The number of benzene rings is 2. The molecular formula is C12H4Cl5NO3. The summed E-state index contributed by atoms with van der Waals surface area (Å²) in [5.41, 5.74) is -0.258. The van der Waals surface area contributed by atoms with Crippen LogP contribution >= 0.6 is 58.0 Å². The lowest BCUT2D eigenvalue weighted by Gasteiger charge is -2.13. The second kappa shape index (κ2) is 6.46. The maximum atomic E-state index is 11.0. The lowest BCUT2D eigenvalue weighted by Crippen LogP contribution is -1.95. The summed E-state index contributed by atoms with van der Waals surface area (Å²) in [7, 11) is 0. The standard InChI is InChI=1S/C12H4Cl5NO3/c13-7-8(14)10(16)12(11(17)9(7)15)21-6-4-2-1-3-5(6)18(19)20/h1-4H. The molecule has 9 heteroatoms. The molecule has 0 aliphatic carbocycles. The van der Waals surface area contributed by atoms with Gasteiger partial charge in [-0.1, -0.05) is 70.1 Å². The van der Waals surface area contributed by atoms with Gasteiger partial charge >= 0.3 is 5.69 Å². The molecule has 0 saturated carbocycles. The number of hydrogen-bond acceptors (Lipinski definition) is 3. The summed E-state index contributed by atoms with van der Waals surface area (Å²) >= 11 is 29.7. The molecular weight excluding hydrogens is 383 g/mol. The zero-order valence-corrected chi connectivity index (χ0v) is 13.7. The van der Waals surface area contributed by atoms with Gasteiger partial charge in [0.25, 0.3) is 0 Å². The maximum Gasteiger partial charge on any atom is 0.311 e. The molecule has 0 aliphatic rings. The third-order valence-corrected chi connectivity index (χ3v) is 4.69. The molecule has 0 heterocycles. The molecule has 0 atom stereocenters. The van der Waals surface area contributed by atoms with Crippen molar-refractivity contribution < 1.29 is 9.66 Å². The Morgan fingerprint density at radius 2 is 1.33 bits per heavy atom. The molecule has 0 fully saturated rings. The molecule has 0 aromatic heterocycles. The van der Waals surface area contributed by atoms with Gasteiger partial charge in [0.2, 0.25) is 5.75 Å². The molecule has 2 rings (SSSR count). The van der Waals surface area contributed by atoms with Crippen molar-refractivity contribution in [2.75, 3.05) is 0 Å². The highest BCUT2D eigenvalue weighted by Gasteiger charge is 2.23. The van der Waals surface area contributed by atoms with Crippen LogP contribution in [0.15, 0.2) is 24.3 Å². The fourth-order valence-electron chi connectivity index (χ4n) is 1.48. The molecule has 4 nitrogen and oxygen atoms in total. The fraction of sp³-hybridized carbons (Fsp3) is 0. The van der Waals surface area contributed by atoms with E-state index < -0.39 is 4.92 Å². The minimum Gasteiger partial charge on any atom is -0.447 e. The first kappa shape index (κ1) is 16.5. The molecule has 21 heavy (non-hydrogen) atoms. The largest absolute Gasteiger partial charge is 0.447 e. The molecule has 0 amide bonds. The predicted molar refractivity (Wildman–Crippen MR) is 84.7 cm³/mol. The first-order valence-electron chi connectivity index (χ1n) is 5.27. The van der Waals surface area contributed by atoms with Crippen molar-refractivity contribution in [2.24, 2.45) is 0 Å². The third kappa shape index (κ3) is 3.15. The summed E-state index contributed by atoms with van der Waals surface area (Å²) in [6, 6.07) is 5.72. The van der Waals surface area contributed by atoms with Gasteiger partial charge in [-0.05, 0) is 6.07 Å². The summed E-state index contributed by atoms with van der Waals surface area (Å²) in [5, 5.41) is 10.6. The first-order valence-corrected chi connectivity index (χ1v) is 7.16. The molecule has 0 radical (unpaired) electrons. The Labute approximate surface area is 144 Å². The third-order valence-electron chi connectivity index (χ3n) is 2.44. The summed E-state index contributed by atoms with van der Waals surface area (Å²) in [6.45, 7) is 0. The normalized spacial score (nSPS) is 10.5. The van der Waals surface area contributed by atoms with Crippen molar-refractivity contribution in [3.05, 3.63) is 59.5 Å². The zero-order valence-electron chi connectivity index (χ0n) is 9.87. The zero-order chi connectivity index (χ0) is 15.7. The van der Waals surface area contributed by atoms with E-state index in [9.17, 15) is 10.1 Å². The van der Waals surface area contributed by atoms with Gasteiger partial charge in [-0.3, -0.25) is 10.1 Å². The number of hydrogen-bond donors (Lipinski definition) is 0. The second-order valence-corrected chi connectivity index (χ2v) is 5.62. The van der Waals surface area contributed by atoms with E-state index >= 15 is 0 Å². The Morgan fingerprint density at radius 1 is 0.857 bits per heavy atom. The molecule has 0 unspecified atom stereocenters. The number of nitro groups is 1.